The minimum atomic E-state index is -3.91. The van der Waals surface area contributed by atoms with E-state index in [1.807, 2.05) is 6.07 Å². The van der Waals surface area contributed by atoms with Crippen LogP contribution in [0, 0.1) is 11.3 Å². The van der Waals surface area contributed by atoms with Gasteiger partial charge in [0, 0.05) is 13.1 Å². The number of benzene rings is 2. The van der Waals surface area contributed by atoms with Gasteiger partial charge in [-0.2, -0.15) is 9.57 Å². The summed E-state index contributed by atoms with van der Waals surface area (Å²) < 4.78 is 52.1. The predicted molar refractivity (Wildman–Crippen MR) is 91.9 cm³/mol. The van der Waals surface area contributed by atoms with Crippen LogP contribution in [0.3, 0.4) is 0 Å². The van der Waals surface area contributed by atoms with Gasteiger partial charge in [-0.25, -0.2) is 16.8 Å². The Labute approximate surface area is 147 Å². The summed E-state index contributed by atoms with van der Waals surface area (Å²) in [6.45, 7) is -0.00184. The van der Waals surface area contributed by atoms with Crippen molar-refractivity contribution >= 4 is 19.9 Å². The molecule has 0 aliphatic carbocycles. The molecule has 6 nitrogen and oxygen atoms in total. The second-order valence-corrected chi connectivity index (χ2v) is 9.87. The largest absolute Gasteiger partial charge is 0.244 e. The number of rotatable bonds is 4. The SMILES string of the molecule is N#Cc1ccccc1S(=O)(=O)N1CCC(S(=O)(=O)c2ccccc2)C1. The lowest BCUT2D eigenvalue weighted by molar-refractivity contribution is 0.476. The summed E-state index contributed by atoms with van der Waals surface area (Å²) in [5.41, 5.74) is 0.0527. The zero-order valence-electron chi connectivity index (χ0n) is 13.2. The highest BCUT2D eigenvalue weighted by Gasteiger charge is 2.40. The molecule has 0 bridgehead atoms. The Bertz CT molecular complexity index is 1030. The van der Waals surface area contributed by atoms with E-state index in [0.29, 0.717) is 0 Å². The molecular weight excluding hydrogens is 360 g/mol. The van der Waals surface area contributed by atoms with E-state index in [2.05, 4.69) is 0 Å². The summed E-state index contributed by atoms with van der Waals surface area (Å²) in [5.74, 6) is 0. The second kappa shape index (κ2) is 6.59. The second-order valence-electron chi connectivity index (χ2n) is 5.74. The Kier molecular flexibility index (Phi) is 4.64. The van der Waals surface area contributed by atoms with Gasteiger partial charge < -0.3 is 0 Å². The third-order valence-corrected chi connectivity index (χ3v) is 8.36. The van der Waals surface area contributed by atoms with Crippen LogP contribution in [0.2, 0.25) is 0 Å². The fourth-order valence-electron chi connectivity index (χ4n) is 2.89. The zero-order valence-corrected chi connectivity index (χ0v) is 14.9. The molecular formula is C17H16N2O4S2. The van der Waals surface area contributed by atoms with Crippen LogP contribution in [0.15, 0.2) is 64.4 Å². The van der Waals surface area contributed by atoms with Gasteiger partial charge in [-0.15, -0.1) is 0 Å². The molecule has 1 atom stereocenters. The number of hydrogen-bond donors (Lipinski definition) is 0. The standard InChI is InChI=1S/C17H16N2O4S2/c18-12-14-6-4-5-9-17(14)25(22,23)19-11-10-16(13-19)24(20,21)15-7-2-1-3-8-15/h1-9,16H,10-11,13H2. The average molecular weight is 376 g/mol. The van der Waals surface area contributed by atoms with Crippen LogP contribution in [0.5, 0.6) is 0 Å². The van der Waals surface area contributed by atoms with Crippen molar-refractivity contribution in [3.05, 3.63) is 60.2 Å². The van der Waals surface area contributed by atoms with E-state index in [-0.39, 0.29) is 34.9 Å². The Morgan fingerprint density at radius 3 is 2.28 bits per heavy atom. The molecule has 0 aromatic heterocycles. The van der Waals surface area contributed by atoms with Gasteiger partial charge in [0.25, 0.3) is 0 Å². The Balaban J connectivity index is 1.89. The summed E-state index contributed by atoms with van der Waals surface area (Å²) in [4.78, 5) is 0.104. The quantitative estimate of drug-likeness (QED) is 0.811. The maximum Gasteiger partial charge on any atom is 0.244 e. The summed E-state index contributed by atoms with van der Waals surface area (Å²) in [6, 6.07) is 15.8. The molecule has 3 rings (SSSR count). The predicted octanol–water partition coefficient (Wildman–Crippen LogP) is 1.80. The zero-order chi connectivity index (χ0) is 18.1. The van der Waals surface area contributed by atoms with Crippen LogP contribution in [-0.4, -0.2) is 39.5 Å². The van der Waals surface area contributed by atoms with Gasteiger partial charge in [0.05, 0.1) is 20.6 Å². The van der Waals surface area contributed by atoms with E-state index in [0.717, 1.165) is 4.31 Å². The summed E-state index contributed by atoms with van der Waals surface area (Å²) >= 11 is 0. The third-order valence-electron chi connectivity index (χ3n) is 4.24. The van der Waals surface area contributed by atoms with E-state index in [4.69, 9.17) is 5.26 Å². The molecule has 2 aromatic rings. The number of sulfone groups is 1. The van der Waals surface area contributed by atoms with E-state index in [1.54, 1.807) is 30.3 Å². The highest BCUT2D eigenvalue weighted by Crippen LogP contribution is 2.29. The Hall–Kier alpha value is -2.21. The molecule has 130 valence electrons. The van der Waals surface area contributed by atoms with Gasteiger partial charge in [0.2, 0.25) is 10.0 Å². The molecule has 0 N–H and O–H groups in total. The molecule has 1 aliphatic heterocycles. The first-order chi connectivity index (χ1) is 11.9. The van der Waals surface area contributed by atoms with Gasteiger partial charge in [-0.3, -0.25) is 0 Å². The monoisotopic (exact) mass is 376 g/mol. The lowest BCUT2D eigenvalue weighted by Crippen LogP contribution is -2.32. The third kappa shape index (κ3) is 3.18. The summed E-state index contributed by atoms with van der Waals surface area (Å²) in [5, 5.41) is 8.33. The molecule has 1 aliphatic rings. The van der Waals surface area contributed by atoms with Crippen molar-refractivity contribution in [2.45, 2.75) is 21.5 Å². The Morgan fingerprint density at radius 2 is 1.60 bits per heavy atom. The molecule has 0 spiro atoms. The first-order valence-corrected chi connectivity index (χ1v) is 10.6. The van der Waals surface area contributed by atoms with Crippen molar-refractivity contribution in [2.24, 2.45) is 0 Å². The number of nitrogens with zero attached hydrogens (tertiary/aromatic N) is 2. The van der Waals surface area contributed by atoms with Crippen LogP contribution in [0.25, 0.3) is 0 Å². The summed E-state index contributed by atoms with van der Waals surface area (Å²) in [7, 11) is -7.51. The van der Waals surface area contributed by atoms with Crippen LogP contribution in [0.4, 0.5) is 0 Å². The fourth-order valence-corrected chi connectivity index (χ4v) is 6.34. The molecule has 1 fully saturated rings. The Morgan fingerprint density at radius 1 is 0.960 bits per heavy atom. The van der Waals surface area contributed by atoms with Crippen LogP contribution >= 0.6 is 0 Å². The van der Waals surface area contributed by atoms with E-state index >= 15 is 0 Å². The molecule has 1 unspecified atom stereocenters. The molecule has 0 saturated carbocycles. The number of hydrogen-bond acceptors (Lipinski definition) is 5. The number of sulfonamides is 1. The fraction of sp³-hybridized carbons (Fsp3) is 0.235. The highest BCUT2D eigenvalue weighted by atomic mass is 32.2. The lowest BCUT2D eigenvalue weighted by atomic mass is 10.2. The van der Waals surface area contributed by atoms with Crippen LogP contribution in [0.1, 0.15) is 12.0 Å². The topological polar surface area (TPSA) is 95.3 Å². The van der Waals surface area contributed by atoms with Crippen molar-refractivity contribution < 1.29 is 16.8 Å². The van der Waals surface area contributed by atoms with Gasteiger partial charge in [-0.05, 0) is 30.7 Å². The van der Waals surface area contributed by atoms with Gasteiger partial charge in [-0.1, -0.05) is 30.3 Å². The minimum Gasteiger partial charge on any atom is -0.223 e. The van der Waals surface area contributed by atoms with Crippen LogP contribution < -0.4 is 0 Å². The molecule has 1 heterocycles. The van der Waals surface area contributed by atoms with E-state index < -0.39 is 25.1 Å². The molecule has 25 heavy (non-hydrogen) atoms. The van der Waals surface area contributed by atoms with Crippen molar-refractivity contribution in [1.29, 1.82) is 5.26 Å². The maximum atomic E-state index is 12.8. The van der Waals surface area contributed by atoms with E-state index in [1.165, 1.54) is 24.3 Å². The number of nitriles is 1. The lowest BCUT2D eigenvalue weighted by Gasteiger charge is -2.17. The smallest absolute Gasteiger partial charge is 0.223 e. The van der Waals surface area contributed by atoms with Crippen molar-refractivity contribution in [3.8, 4) is 6.07 Å². The highest BCUT2D eigenvalue weighted by molar-refractivity contribution is 7.92. The van der Waals surface area contributed by atoms with Crippen molar-refractivity contribution in [1.82, 2.24) is 4.31 Å². The normalized spacial score (nSPS) is 18.8. The molecule has 1 saturated heterocycles. The maximum absolute atomic E-state index is 12.8. The average Bonchev–Trinajstić information content (AvgIpc) is 3.14. The van der Waals surface area contributed by atoms with Gasteiger partial charge >= 0.3 is 0 Å². The molecule has 0 radical (unpaired) electrons. The van der Waals surface area contributed by atoms with Crippen molar-refractivity contribution in [2.75, 3.05) is 13.1 Å². The van der Waals surface area contributed by atoms with Gasteiger partial charge in [0.1, 0.15) is 6.07 Å². The first-order valence-electron chi connectivity index (χ1n) is 7.65. The van der Waals surface area contributed by atoms with Gasteiger partial charge in [0.15, 0.2) is 9.84 Å². The molecule has 8 heteroatoms. The van der Waals surface area contributed by atoms with Crippen LogP contribution in [-0.2, 0) is 19.9 Å². The molecule has 0 amide bonds. The van der Waals surface area contributed by atoms with E-state index in [9.17, 15) is 16.8 Å². The van der Waals surface area contributed by atoms with Crippen molar-refractivity contribution in [3.63, 3.8) is 0 Å². The first kappa shape index (κ1) is 17.6. The molecule has 2 aromatic carbocycles. The minimum absolute atomic E-state index is 0.0527. The summed E-state index contributed by atoms with van der Waals surface area (Å²) in [6.07, 6.45) is 0.227.